The number of carboxylic acid groups (broad SMARTS) is 1. The molecule has 52 valence electrons. The first-order valence-electron chi connectivity index (χ1n) is 2.67. The monoisotopic (exact) mass is 270 g/mol. The molecule has 0 heterocycles. The van der Waals surface area contributed by atoms with E-state index >= 15 is 0 Å². The molecule has 0 radical (unpaired) electrons. The summed E-state index contributed by atoms with van der Waals surface area (Å²) in [5.41, 5.74) is 0.223. The molecule has 0 atom stereocenters. The Bertz CT molecular complexity index is 245. The molecule has 0 aliphatic heterocycles. The molecule has 1 aromatic rings. The average Bonchev–Trinajstić information content (AvgIpc) is 1.88. The largest absolute Gasteiger partial charge is 1.00 e. The van der Waals surface area contributed by atoms with Crippen molar-refractivity contribution in [3.8, 4) is 0 Å². The Hall–Kier alpha value is 0.420. The second-order valence-electron chi connectivity index (χ2n) is 1.79. The Morgan fingerprint density at radius 2 is 1.73 bits per heavy atom. The van der Waals surface area contributed by atoms with Gasteiger partial charge in [-0.2, -0.15) is 0 Å². The number of hydrogen-bond donors (Lipinski definition) is 0. The molecule has 1 aromatic carbocycles. The van der Waals surface area contributed by atoms with E-state index in [1.807, 2.05) is 0 Å². The molecule has 4 heteroatoms. The van der Waals surface area contributed by atoms with Gasteiger partial charge in [-0.05, 0) is 40.3 Å². The summed E-state index contributed by atoms with van der Waals surface area (Å²) in [4.78, 5) is 10.2. The van der Waals surface area contributed by atoms with Gasteiger partial charge in [0.2, 0.25) is 0 Å². The van der Waals surface area contributed by atoms with Gasteiger partial charge in [0.15, 0.2) is 0 Å². The zero-order valence-electron chi connectivity index (χ0n) is 6.00. The molecule has 1 rings (SSSR count). The maximum absolute atomic E-state index is 10.2. The van der Waals surface area contributed by atoms with Crippen molar-refractivity contribution in [1.29, 1.82) is 0 Å². The summed E-state index contributed by atoms with van der Waals surface area (Å²) in [6.45, 7) is 0. The maximum Gasteiger partial charge on any atom is 1.00 e. The summed E-state index contributed by atoms with van der Waals surface area (Å²) in [7, 11) is 0. The summed E-state index contributed by atoms with van der Waals surface area (Å²) in [6, 6.07) is 6.51. The topological polar surface area (TPSA) is 40.1 Å². The Balaban J connectivity index is 0.000001000. The molecule has 0 spiro atoms. The number of benzene rings is 1. The third-order valence-electron chi connectivity index (χ3n) is 1.08. The second kappa shape index (κ2) is 5.13. The molecule has 0 N–H and O–H groups in total. The van der Waals surface area contributed by atoms with Crippen LogP contribution in [-0.4, -0.2) is 5.97 Å². The van der Waals surface area contributed by atoms with E-state index in [0.717, 1.165) is 3.57 Å². The van der Waals surface area contributed by atoms with E-state index in [0.29, 0.717) is 0 Å². The molecule has 11 heavy (non-hydrogen) atoms. The van der Waals surface area contributed by atoms with E-state index in [-0.39, 0.29) is 35.1 Å². The molecule has 0 aliphatic rings. The zero-order valence-corrected chi connectivity index (χ0v) is 10.2. The van der Waals surface area contributed by atoms with E-state index < -0.39 is 5.97 Å². The van der Waals surface area contributed by atoms with Gasteiger partial charge >= 0.3 is 29.6 Å². The molecular formula is C7H4INaO2. The quantitative estimate of drug-likeness (QED) is 0.424. The standard InChI is InChI=1S/C7H5IO2.Na/c8-6-3-1-5(2-4-6)7(9)10;/h1-4H,(H,9,10);/q;+1/p-1. The predicted molar refractivity (Wildman–Crippen MR) is 43.5 cm³/mol. The summed E-state index contributed by atoms with van der Waals surface area (Å²) >= 11 is 2.11. The van der Waals surface area contributed by atoms with Crippen LogP contribution < -0.4 is 34.7 Å². The van der Waals surface area contributed by atoms with Crippen molar-refractivity contribution >= 4 is 28.6 Å². The van der Waals surface area contributed by atoms with Crippen molar-refractivity contribution in [2.24, 2.45) is 0 Å². The summed E-state index contributed by atoms with van der Waals surface area (Å²) < 4.78 is 1.02. The van der Waals surface area contributed by atoms with Gasteiger partial charge < -0.3 is 9.90 Å². The predicted octanol–water partition coefficient (Wildman–Crippen LogP) is -2.34. The number of rotatable bonds is 1. The fourth-order valence-corrected chi connectivity index (χ4v) is 0.946. The average molecular weight is 270 g/mol. The Labute approximate surface area is 100 Å². The first-order chi connectivity index (χ1) is 4.70. The van der Waals surface area contributed by atoms with Gasteiger partial charge in [0.05, 0.1) is 5.97 Å². The van der Waals surface area contributed by atoms with Crippen molar-refractivity contribution < 1.29 is 39.5 Å². The van der Waals surface area contributed by atoms with Gasteiger partial charge in [0, 0.05) is 3.57 Å². The molecule has 0 aliphatic carbocycles. The molecule has 0 aromatic heterocycles. The van der Waals surface area contributed by atoms with Crippen LogP contribution in [0.1, 0.15) is 10.4 Å². The van der Waals surface area contributed by atoms with Crippen molar-refractivity contribution in [3.63, 3.8) is 0 Å². The minimum Gasteiger partial charge on any atom is -0.545 e. The van der Waals surface area contributed by atoms with Crippen LogP contribution in [-0.2, 0) is 0 Å². The number of carbonyl (C=O) groups is 1. The third-order valence-corrected chi connectivity index (χ3v) is 1.80. The van der Waals surface area contributed by atoms with Crippen LogP contribution in [0, 0.1) is 3.57 Å². The Kier molecular flexibility index (Phi) is 5.33. The molecule has 2 nitrogen and oxygen atoms in total. The number of aromatic carboxylic acids is 1. The van der Waals surface area contributed by atoms with Gasteiger partial charge in [0.25, 0.3) is 0 Å². The van der Waals surface area contributed by atoms with E-state index in [1.165, 1.54) is 12.1 Å². The molecule has 0 saturated heterocycles. The molecular weight excluding hydrogens is 266 g/mol. The van der Waals surface area contributed by atoms with Crippen LogP contribution in [0.15, 0.2) is 24.3 Å². The Morgan fingerprint density at radius 1 is 1.27 bits per heavy atom. The van der Waals surface area contributed by atoms with Crippen molar-refractivity contribution in [2.45, 2.75) is 0 Å². The van der Waals surface area contributed by atoms with Crippen LogP contribution in [0.2, 0.25) is 0 Å². The van der Waals surface area contributed by atoms with Crippen molar-refractivity contribution in [1.82, 2.24) is 0 Å². The normalized spacial score (nSPS) is 8.45. The van der Waals surface area contributed by atoms with Crippen LogP contribution >= 0.6 is 22.6 Å². The zero-order chi connectivity index (χ0) is 7.56. The summed E-state index contributed by atoms with van der Waals surface area (Å²) in [5.74, 6) is -1.13. The van der Waals surface area contributed by atoms with Gasteiger partial charge in [-0.1, -0.05) is 12.1 Å². The minimum atomic E-state index is -1.13. The van der Waals surface area contributed by atoms with E-state index in [2.05, 4.69) is 22.6 Å². The number of carboxylic acids is 1. The van der Waals surface area contributed by atoms with Crippen molar-refractivity contribution in [3.05, 3.63) is 33.4 Å². The summed E-state index contributed by atoms with van der Waals surface area (Å²) in [6.07, 6.45) is 0. The molecule has 0 fully saturated rings. The third kappa shape index (κ3) is 3.55. The van der Waals surface area contributed by atoms with E-state index in [1.54, 1.807) is 12.1 Å². The fraction of sp³-hybridized carbons (Fsp3) is 0. The number of hydrogen-bond acceptors (Lipinski definition) is 2. The molecule has 0 amide bonds. The van der Waals surface area contributed by atoms with Gasteiger partial charge in [-0.25, -0.2) is 0 Å². The number of halogens is 1. The Morgan fingerprint density at radius 3 is 2.09 bits per heavy atom. The van der Waals surface area contributed by atoms with E-state index in [9.17, 15) is 9.90 Å². The first kappa shape index (κ1) is 11.4. The van der Waals surface area contributed by atoms with Crippen LogP contribution in [0.25, 0.3) is 0 Å². The van der Waals surface area contributed by atoms with Gasteiger partial charge in [-0.15, -0.1) is 0 Å². The minimum absolute atomic E-state index is 0. The molecule has 0 unspecified atom stereocenters. The first-order valence-corrected chi connectivity index (χ1v) is 3.75. The summed E-state index contributed by atoms with van der Waals surface area (Å²) in [5, 5.41) is 10.2. The SMILES string of the molecule is O=C([O-])c1ccc(I)cc1.[Na+]. The second-order valence-corrected chi connectivity index (χ2v) is 3.04. The smallest absolute Gasteiger partial charge is 0.545 e. The number of carbonyl (C=O) groups excluding carboxylic acids is 1. The van der Waals surface area contributed by atoms with Crippen LogP contribution in [0.3, 0.4) is 0 Å². The van der Waals surface area contributed by atoms with Gasteiger partial charge in [0.1, 0.15) is 0 Å². The van der Waals surface area contributed by atoms with Crippen molar-refractivity contribution in [2.75, 3.05) is 0 Å². The van der Waals surface area contributed by atoms with Gasteiger partial charge in [-0.3, -0.25) is 0 Å². The van der Waals surface area contributed by atoms with Crippen LogP contribution in [0.5, 0.6) is 0 Å². The molecule has 0 bridgehead atoms. The fourth-order valence-electron chi connectivity index (χ4n) is 0.586. The molecule has 0 saturated carbocycles. The van der Waals surface area contributed by atoms with Crippen LogP contribution in [0.4, 0.5) is 0 Å². The maximum atomic E-state index is 10.2. The van der Waals surface area contributed by atoms with E-state index in [4.69, 9.17) is 0 Å².